The van der Waals surface area contributed by atoms with Crippen LogP contribution in [-0.2, 0) is 25.9 Å². The molecule has 3 aliphatic rings. The number of thioether (sulfide) groups is 1. The van der Waals surface area contributed by atoms with E-state index in [0.29, 0.717) is 32.0 Å². The second-order valence-electron chi connectivity index (χ2n) is 10.8. The van der Waals surface area contributed by atoms with E-state index in [0.717, 1.165) is 12.8 Å². The predicted octanol–water partition coefficient (Wildman–Crippen LogP) is 3.51. The van der Waals surface area contributed by atoms with E-state index in [-0.39, 0.29) is 41.6 Å². The average Bonchev–Trinajstić information content (AvgIpc) is 3.36. The van der Waals surface area contributed by atoms with Gasteiger partial charge in [-0.1, -0.05) is 13.0 Å². The fraction of sp³-hybridized carbons (Fsp3) is 0.840. The van der Waals surface area contributed by atoms with Gasteiger partial charge in [-0.15, -0.1) is 11.8 Å². The zero-order valence-corrected chi connectivity index (χ0v) is 23.1. The Morgan fingerprint density at radius 3 is 2.46 bits per heavy atom. The smallest absolute Gasteiger partial charge is 0.176 e. The summed E-state index contributed by atoms with van der Waals surface area (Å²) in [6.45, 7) is 2.78. The second kappa shape index (κ2) is 12.4. The Labute approximate surface area is 222 Å². The summed E-state index contributed by atoms with van der Waals surface area (Å²) in [6.07, 6.45) is 8.42. The Morgan fingerprint density at radius 1 is 1.16 bits per heavy atom. The fourth-order valence-electron chi connectivity index (χ4n) is 5.81. The van der Waals surface area contributed by atoms with Crippen LogP contribution in [0.1, 0.15) is 51.9 Å². The van der Waals surface area contributed by atoms with Crippen molar-refractivity contribution in [2.75, 3.05) is 19.5 Å². The summed E-state index contributed by atoms with van der Waals surface area (Å²) in [5, 5.41) is 15.2. The van der Waals surface area contributed by atoms with Crippen molar-refractivity contribution in [3.05, 3.63) is 24.8 Å². The minimum absolute atomic E-state index is 0.0531. The number of hydrogen-bond donors (Lipinski definition) is 1. The van der Waals surface area contributed by atoms with Gasteiger partial charge in [-0.2, -0.15) is 5.10 Å². The molecule has 0 amide bonds. The molecule has 0 radical (unpaired) electrons. The highest BCUT2D eigenvalue weighted by Gasteiger charge is 2.49. The molecule has 5 atom stereocenters. The lowest BCUT2D eigenvalue weighted by molar-refractivity contribution is -0.147. The van der Waals surface area contributed by atoms with Crippen molar-refractivity contribution < 1.29 is 31.8 Å². The van der Waals surface area contributed by atoms with E-state index >= 15 is 0 Å². The lowest BCUT2D eigenvalue weighted by Gasteiger charge is -2.45. The van der Waals surface area contributed by atoms with Crippen LogP contribution < -0.4 is 0 Å². The Balaban J connectivity index is 1.30. The van der Waals surface area contributed by atoms with Gasteiger partial charge in [-0.05, 0) is 50.5 Å². The van der Waals surface area contributed by atoms with E-state index in [1.54, 1.807) is 0 Å². The molecule has 3 fully saturated rings. The van der Waals surface area contributed by atoms with Gasteiger partial charge in [-0.25, -0.2) is 22.2 Å². The number of aromatic nitrogens is 3. The summed E-state index contributed by atoms with van der Waals surface area (Å²) >= 11 is 1.49. The molecule has 1 aliphatic heterocycles. The third-order valence-electron chi connectivity index (χ3n) is 8.09. The largest absolute Gasteiger partial charge is 0.386 e. The van der Waals surface area contributed by atoms with E-state index < -0.39 is 40.0 Å². The summed E-state index contributed by atoms with van der Waals surface area (Å²) in [6, 6.07) is 0. The van der Waals surface area contributed by atoms with Gasteiger partial charge in [0.1, 0.15) is 40.4 Å². The monoisotopic (exact) mass is 563 g/mol. The Kier molecular flexibility index (Phi) is 9.69. The van der Waals surface area contributed by atoms with Gasteiger partial charge in [0.25, 0.3) is 0 Å². The van der Waals surface area contributed by atoms with Crippen molar-refractivity contribution >= 4 is 21.6 Å². The summed E-state index contributed by atoms with van der Waals surface area (Å²) < 4.78 is 65.6. The van der Waals surface area contributed by atoms with Crippen LogP contribution in [0.5, 0.6) is 0 Å². The number of nitrogens with zero attached hydrogens (tertiary/aromatic N) is 3. The van der Waals surface area contributed by atoms with Crippen LogP contribution in [-0.4, -0.2) is 87.7 Å². The molecule has 1 N–H and O–H groups in total. The molecule has 210 valence electrons. The van der Waals surface area contributed by atoms with Crippen LogP contribution in [0.2, 0.25) is 0 Å². The van der Waals surface area contributed by atoms with Gasteiger partial charge in [0.2, 0.25) is 0 Å². The van der Waals surface area contributed by atoms with Gasteiger partial charge < -0.3 is 14.6 Å². The highest BCUT2D eigenvalue weighted by Crippen LogP contribution is 2.43. The molecule has 2 saturated carbocycles. The average molecular weight is 564 g/mol. The first kappa shape index (κ1) is 28.9. The highest BCUT2D eigenvalue weighted by atomic mass is 32.2. The minimum atomic E-state index is -2.98. The lowest BCUT2D eigenvalue weighted by Crippen LogP contribution is -2.55. The van der Waals surface area contributed by atoms with Crippen molar-refractivity contribution in [3.63, 3.8) is 0 Å². The van der Waals surface area contributed by atoms with Crippen molar-refractivity contribution in [1.29, 1.82) is 0 Å². The Hall–Kier alpha value is -1.08. The van der Waals surface area contributed by atoms with E-state index in [4.69, 9.17) is 9.47 Å². The summed E-state index contributed by atoms with van der Waals surface area (Å²) in [4.78, 5) is 3.94. The van der Waals surface area contributed by atoms with E-state index in [9.17, 15) is 22.3 Å². The minimum Gasteiger partial charge on any atom is -0.386 e. The molecule has 0 bridgehead atoms. The van der Waals surface area contributed by atoms with Crippen LogP contribution >= 0.6 is 11.8 Å². The van der Waals surface area contributed by atoms with Gasteiger partial charge in [0, 0.05) is 23.8 Å². The van der Waals surface area contributed by atoms with Crippen molar-refractivity contribution in [2.45, 2.75) is 98.4 Å². The van der Waals surface area contributed by atoms with Gasteiger partial charge in [-0.3, -0.25) is 4.68 Å². The maximum Gasteiger partial charge on any atom is 0.176 e. The number of aliphatic hydroxyl groups is 1. The number of sulfone groups is 1. The van der Waals surface area contributed by atoms with Gasteiger partial charge in [0.15, 0.2) is 6.29 Å². The SMILES string of the molecule is CC(SC1COC(/C=C/C2CCC(S(C)(=O)=O)CC2)OC1)C(O)(Cn1cncn1)C1CCC(F)CC1F. The molecule has 8 nitrogen and oxygen atoms in total. The van der Waals surface area contributed by atoms with Gasteiger partial charge >= 0.3 is 0 Å². The lowest BCUT2D eigenvalue weighted by atomic mass is 9.73. The molecule has 2 aliphatic carbocycles. The predicted molar refractivity (Wildman–Crippen MR) is 138 cm³/mol. The van der Waals surface area contributed by atoms with E-state index in [1.807, 2.05) is 13.0 Å². The van der Waals surface area contributed by atoms with Crippen molar-refractivity contribution in [3.8, 4) is 0 Å². The highest BCUT2D eigenvalue weighted by molar-refractivity contribution is 8.00. The van der Waals surface area contributed by atoms with E-state index in [1.165, 1.54) is 35.4 Å². The second-order valence-corrected chi connectivity index (χ2v) is 14.8. The first-order valence-electron chi connectivity index (χ1n) is 13.1. The molecule has 12 heteroatoms. The molecule has 1 saturated heterocycles. The van der Waals surface area contributed by atoms with Crippen LogP contribution in [0, 0.1) is 11.8 Å². The summed E-state index contributed by atoms with van der Waals surface area (Å²) in [7, 11) is -2.98. The quantitative estimate of drug-likeness (QED) is 0.456. The first-order chi connectivity index (χ1) is 17.5. The maximum absolute atomic E-state index is 15.0. The van der Waals surface area contributed by atoms with Crippen LogP contribution in [0.25, 0.3) is 0 Å². The molecule has 0 spiro atoms. The molecule has 2 heterocycles. The molecule has 1 aromatic heterocycles. The molecule has 1 aromatic rings. The van der Waals surface area contributed by atoms with Crippen LogP contribution in [0.3, 0.4) is 0 Å². The van der Waals surface area contributed by atoms with E-state index in [2.05, 4.69) is 16.2 Å². The standard InChI is InChI=1S/C25H39F2N3O5S2/c1-17(25(31,14-30-16-28-15-29-30)22-9-6-19(26)11-23(22)27)36-20-12-34-24(35-13-20)10-5-18-3-7-21(8-4-18)37(2,32)33/h5,10,15-24,31H,3-4,6-9,11-14H2,1-2H3/b10-5+. The topological polar surface area (TPSA) is 104 Å². The zero-order chi connectivity index (χ0) is 26.6. The summed E-state index contributed by atoms with van der Waals surface area (Å²) in [5.41, 5.74) is -1.44. The number of rotatable bonds is 9. The number of allylic oxidation sites excluding steroid dienone is 1. The zero-order valence-electron chi connectivity index (χ0n) is 21.5. The fourth-order valence-corrected chi connectivity index (χ4v) is 8.31. The number of ether oxygens (including phenoxy) is 2. The Morgan fingerprint density at radius 2 is 1.86 bits per heavy atom. The normalized spacial score (nSPS) is 36.3. The molecular formula is C25H39F2N3O5S2. The third-order valence-corrected chi connectivity index (χ3v) is 11.2. The molecule has 37 heavy (non-hydrogen) atoms. The van der Waals surface area contributed by atoms with Gasteiger partial charge in [0.05, 0.1) is 30.3 Å². The van der Waals surface area contributed by atoms with Crippen molar-refractivity contribution in [1.82, 2.24) is 14.8 Å². The number of halogens is 2. The molecular weight excluding hydrogens is 524 g/mol. The van der Waals surface area contributed by atoms with Crippen LogP contribution in [0.4, 0.5) is 8.78 Å². The van der Waals surface area contributed by atoms with Crippen molar-refractivity contribution in [2.24, 2.45) is 11.8 Å². The summed E-state index contributed by atoms with van der Waals surface area (Å²) in [5.74, 6) is -0.387. The van der Waals surface area contributed by atoms with Crippen LogP contribution in [0.15, 0.2) is 24.8 Å². The molecule has 4 rings (SSSR count). The molecule has 0 aromatic carbocycles. The number of hydrogen-bond acceptors (Lipinski definition) is 8. The maximum atomic E-state index is 15.0. The number of alkyl halides is 2. The third kappa shape index (κ3) is 7.52. The first-order valence-corrected chi connectivity index (χ1v) is 16.0. The Bertz CT molecular complexity index is 982. The molecule has 5 unspecified atom stereocenters.